The number of benzene rings is 1. The number of fused-ring (bicyclic) bond motifs is 1. The summed E-state index contributed by atoms with van der Waals surface area (Å²) in [6, 6.07) is 4.43. The van der Waals surface area contributed by atoms with Gasteiger partial charge in [-0.05, 0) is 44.9 Å². The fraction of sp³-hybridized carbons (Fsp3) is 0.600. The lowest BCUT2D eigenvalue weighted by Crippen LogP contribution is -2.43. The third-order valence-corrected chi connectivity index (χ3v) is 7.58. The summed E-state index contributed by atoms with van der Waals surface area (Å²) in [7, 11) is -3.74. The quantitative estimate of drug-likeness (QED) is 0.672. The Morgan fingerprint density at radius 3 is 2.43 bits per heavy atom. The minimum atomic E-state index is -3.74. The van der Waals surface area contributed by atoms with Crippen molar-refractivity contribution in [2.45, 2.75) is 50.2 Å². The number of sulfonamides is 1. The highest BCUT2D eigenvalue weighted by atomic mass is 32.2. The van der Waals surface area contributed by atoms with E-state index in [1.165, 1.54) is 12.1 Å². The van der Waals surface area contributed by atoms with Crippen LogP contribution in [0, 0.1) is 0 Å². The molecule has 0 atom stereocenters. The molecule has 2 aliphatic rings. The zero-order valence-electron chi connectivity index (χ0n) is 17.4. The van der Waals surface area contributed by atoms with Crippen molar-refractivity contribution in [2.24, 2.45) is 0 Å². The Kier molecular flexibility index (Phi) is 5.60. The zero-order chi connectivity index (χ0) is 21.5. The van der Waals surface area contributed by atoms with E-state index in [0.717, 1.165) is 30.5 Å². The van der Waals surface area contributed by atoms with E-state index in [-0.39, 0.29) is 22.5 Å². The maximum atomic E-state index is 12.9. The Morgan fingerprint density at radius 1 is 1.10 bits per heavy atom. The van der Waals surface area contributed by atoms with Gasteiger partial charge in [-0.1, -0.05) is 0 Å². The molecule has 1 aromatic heterocycles. The summed E-state index contributed by atoms with van der Waals surface area (Å²) in [4.78, 5) is 28.1. The van der Waals surface area contributed by atoms with Gasteiger partial charge in [0, 0.05) is 38.3 Å². The normalized spacial score (nSPS) is 19.3. The van der Waals surface area contributed by atoms with E-state index in [0.29, 0.717) is 31.8 Å². The fourth-order valence-corrected chi connectivity index (χ4v) is 5.29. The first kappa shape index (κ1) is 21.2. The first-order valence-electron chi connectivity index (χ1n) is 10.4. The number of nitrogens with zero attached hydrogens (tertiary/aromatic N) is 3. The molecule has 10 heteroatoms. The van der Waals surface area contributed by atoms with E-state index in [1.54, 1.807) is 17.6 Å². The molecule has 1 aromatic carbocycles. The third-order valence-electron chi connectivity index (χ3n) is 5.95. The topological polar surface area (TPSA) is 103 Å². The van der Waals surface area contributed by atoms with Crippen LogP contribution < -0.4 is 16.0 Å². The number of ether oxygens (including phenoxy) is 1. The largest absolute Gasteiger partial charge is 0.379 e. The van der Waals surface area contributed by atoms with Crippen molar-refractivity contribution >= 4 is 20.9 Å². The molecule has 1 aliphatic heterocycles. The molecule has 0 amide bonds. The van der Waals surface area contributed by atoms with Crippen LogP contribution in [0.4, 0.5) is 0 Å². The molecule has 30 heavy (non-hydrogen) atoms. The second-order valence-electron chi connectivity index (χ2n) is 8.28. The third kappa shape index (κ3) is 4.09. The van der Waals surface area contributed by atoms with Crippen LogP contribution in [0.3, 0.4) is 0 Å². The molecule has 2 fully saturated rings. The molecule has 1 saturated heterocycles. The standard InChI is InChI=1S/C20H28N4O5S/c1-3-23-18(25)16-14-15(30(27,28)21-20(2)6-7-20)4-5-17(16)24(19(23)26)9-8-22-10-12-29-13-11-22/h4-5,14,21H,3,6-13H2,1-2H3. The molecule has 4 rings (SSSR count). The molecule has 1 N–H and O–H groups in total. The highest BCUT2D eigenvalue weighted by molar-refractivity contribution is 7.89. The maximum absolute atomic E-state index is 12.9. The molecule has 0 radical (unpaired) electrons. The summed E-state index contributed by atoms with van der Waals surface area (Å²) in [5, 5.41) is 0.238. The summed E-state index contributed by atoms with van der Waals surface area (Å²) in [6.07, 6.45) is 1.59. The summed E-state index contributed by atoms with van der Waals surface area (Å²) in [5.74, 6) is 0. The van der Waals surface area contributed by atoms with Gasteiger partial charge in [0.05, 0.1) is 29.0 Å². The summed E-state index contributed by atoms with van der Waals surface area (Å²) >= 11 is 0. The number of hydrogen-bond acceptors (Lipinski definition) is 6. The Bertz CT molecular complexity index is 1170. The van der Waals surface area contributed by atoms with Gasteiger partial charge in [-0.3, -0.25) is 18.8 Å². The van der Waals surface area contributed by atoms with E-state index in [4.69, 9.17) is 4.74 Å². The average Bonchev–Trinajstić information content (AvgIpc) is 3.44. The first-order valence-corrected chi connectivity index (χ1v) is 11.8. The van der Waals surface area contributed by atoms with Crippen molar-refractivity contribution in [3.05, 3.63) is 39.0 Å². The highest BCUT2D eigenvalue weighted by Crippen LogP contribution is 2.36. The lowest BCUT2D eigenvalue weighted by atomic mass is 10.2. The van der Waals surface area contributed by atoms with Gasteiger partial charge in [0.1, 0.15) is 0 Å². The van der Waals surface area contributed by atoms with Gasteiger partial charge in [-0.15, -0.1) is 0 Å². The number of aromatic nitrogens is 2. The van der Waals surface area contributed by atoms with Crippen LogP contribution in [-0.4, -0.2) is 60.8 Å². The monoisotopic (exact) mass is 436 g/mol. The second kappa shape index (κ2) is 7.92. The predicted octanol–water partition coefficient (Wildman–Crippen LogP) is 0.346. The van der Waals surface area contributed by atoms with E-state index in [1.807, 2.05) is 6.92 Å². The number of hydrogen-bond donors (Lipinski definition) is 1. The predicted molar refractivity (Wildman–Crippen MR) is 113 cm³/mol. The molecule has 9 nitrogen and oxygen atoms in total. The first-order chi connectivity index (χ1) is 14.2. The van der Waals surface area contributed by atoms with E-state index >= 15 is 0 Å². The van der Waals surface area contributed by atoms with Crippen LogP contribution in [0.5, 0.6) is 0 Å². The van der Waals surface area contributed by atoms with Gasteiger partial charge in [-0.2, -0.15) is 0 Å². The summed E-state index contributed by atoms with van der Waals surface area (Å²) in [6.45, 7) is 7.81. The Labute approximate surface area is 175 Å². The van der Waals surface area contributed by atoms with Crippen LogP contribution in [0.15, 0.2) is 32.7 Å². The Balaban J connectivity index is 1.75. The molecule has 1 aliphatic carbocycles. The van der Waals surface area contributed by atoms with Gasteiger partial charge in [-0.25, -0.2) is 17.9 Å². The van der Waals surface area contributed by atoms with Crippen molar-refractivity contribution in [1.82, 2.24) is 18.8 Å². The molecular formula is C20H28N4O5S. The fourth-order valence-electron chi connectivity index (χ4n) is 3.80. The van der Waals surface area contributed by atoms with Crippen molar-refractivity contribution < 1.29 is 13.2 Å². The molecule has 1 saturated carbocycles. The SMILES string of the molecule is CCn1c(=O)c2cc(S(=O)(=O)NC3(C)CC3)ccc2n(CCN2CCOCC2)c1=O. The zero-order valence-corrected chi connectivity index (χ0v) is 18.2. The minimum Gasteiger partial charge on any atom is -0.379 e. The van der Waals surface area contributed by atoms with Gasteiger partial charge < -0.3 is 4.74 Å². The van der Waals surface area contributed by atoms with Crippen LogP contribution in [0.25, 0.3) is 10.9 Å². The van der Waals surface area contributed by atoms with Crippen LogP contribution in [0.1, 0.15) is 26.7 Å². The maximum Gasteiger partial charge on any atom is 0.331 e. The molecule has 2 heterocycles. The van der Waals surface area contributed by atoms with Crippen molar-refractivity contribution in [2.75, 3.05) is 32.8 Å². The van der Waals surface area contributed by atoms with Gasteiger partial charge in [0.25, 0.3) is 5.56 Å². The van der Waals surface area contributed by atoms with E-state index in [2.05, 4.69) is 9.62 Å². The van der Waals surface area contributed by atoms with E-state index in [9.17, 15) is 18.0 Å². The second-order valence-corrected chi connectivity index (χ2v) is 9.97. The van der Waals surface area contributed by atoms with Crippen LogP contribution in [0.2, 0.25) is 0 Å². The molecule has 164 valence electrons. The number of rotatable bonds is 7. The Hall–Kier alpha value is -2.01. The van der Waals surface area contributed by atoms with Gasteiger partial charge in [0.2, 0.25) is 10.0 Å². The van der Waals surface area contributed by atoms with Crippen molar-refractivity contribution in [1.29, 1.82) is 0 Å². The van der Waals surface area contributed by atoms with Crippen molar-refractivity contribution in [3.8, 4) is 0 Å². The molecule has 0 bridgehead atoms. The number of nitrogens with one attached hydrogen (secondary N) is 1. The molecule has 0 spiro atoms. The van der Waals surface area contributed by atoms with Crippen LogP contribution in [-0.2, 0) is 27.8 Å². The Morgan fingerprint density at radius 2 is 1.80 bits per heavy atom. The molecular weight excluding hydrogens is 408 g/mol. The van der Waals surface area contributed by atoms with Gasteiger partial charge >= 0.3 is 5.69 Å². The molecule has 2 aromatic rings. The van der Waals surface area contributed by atoms with E-state index < -0.39 is 21.1 Å². The van der Waals surface area contributed by atoms with Crippen molar-refractivity contribution in [3.63, 3.8) is 0 Å². The molecule has 0 unspecified atom stereocenters. The smallest absolute Gasteiger partial charge is 0.331 e. The average molecular weight is 437 g/mol. The lowest BCUT2D eigenvalue weighted by Gasteiger charge is -2.27. The summed E-state index contributed by atoms with van der Waals surface area (Å²) in [5.41, 5.74) is -0.786. The number of morpholine rings is 1. The summed E-state index contributed by atoms with van der Waals surface area (Å²) < 4.78 is 36.3. The van der Waals surface area contributed by atoms with Crippen LogP contribution >= 0.6 is 0 Å². The highest BCUT2D eigenvalue weighted by Gasteiger charge is 2.41. The lowest BCUT2D eigenvalue weighted by molar-refractivity contribution is 0.0363. The minimum absolute atomic E-state index is 0.0428. The van der Waals surface area contributed by atoms with Gasteiger partial charge in [0.15, 0.2) is 0 Å².